The first-order valence-corrected chi connectivity index (χ1v) is 7.44. The Morgan fingerprint density at radius 2 is 2.00 bits per heavy atom. The van der Waals surface area contributed by atoms with Gasteiger partial charge in [-0.1, -0.05) is 0 Å². The molecule has 0 saturated carbocycles. The Labute approximate surface area is 131 Å². The van der Waals surface area contributed by atoms with Crippen LogP contribution < -0.4 is 5.32 Å². The van der Waals surface area contributed by atoms with Crippen LogP contribution in [0, 0.1) is 11.6 Å². The number of hydrogen-bond acceptors (Lipinski definition) is 2. The normalized spacial score (nSPS) is 11.9. The molecule has 3 nitrogen and oxygen atoms in total. The van der Waals surface area contributed by atoms with Crippen molar-refractivity contribution in [3.8, 4) is 0 Å². The third-order valence-corrected chi connectivity index (χ3v) is 3.66. The second-order valence-electron chi connectivity index (χ2n) is 5.90. The predicted octanol–water partition coefficient (Wildman–Crippen LogP) is 3.86. The molecule has 0 saturated heterocycles. The zero-order valence-corrected chi connectivity index (χ0v) is 13.8. The molecule has 1 aromatic heterocycles. The van der Waals surface area contributed by atoms with Crippen LogP contribution in [0.5, 0.6) is 0 Å². The number of benzene rings is 1. The van der Waals surface area contributed by atoms with Crippen molar-refractivity contribution >= 4 is 15.9 Å². The Bertz CT molecular complexity index is 632. The lowest BCUT2D eigenvalue weighted by molar-refractivity contribution is 0.412. The van der Waals surface area contributed by atoms with Crippen LogP contribution in [0.25, 0.3) is 0 Å². The molecule has 6 heteroatoms. The van der Waals surface area contributed by atoms with Gasteiger partial charge in [0.05, 0.1) is 17.6 Å². The highest BCUT2D eigenvalue weighted by molar-refractivity contribution is 9.10. The molecule has 1 N–H and O–H groups in total. The average molecular weight is 358 g/mol. The minimum absolute atomic E-state index is 0.0272. The molecule has 0 aliphatic carbocycles. The summed E-state index contributed by atoms with van der Waals surface area (Å²) in [6.45, 7) is 6.79. The number of nitrogens with one attached hydrogen (secondary N) is 1. The Morgan fingerprint density at radius 1 is 1.29 bits per heavy atom. The number of rotatable bonds is 4. The number of hydrogen-bond donors (Lipinski definition) is 1. The second-order valence-corrected chi connectivity index (χ2v) is 6.75. The van der Waals surface area contributed by atoms with E-state index < -0.39 is 11.6 Å². The molecular weight excluding hydrogens is 340 g/mol. The maximum atomic E-state index is 14.0. The predicted molar refractivity (Wildman–Crippen MR) is 82.0 cm³/mol. The largest absolute Gasteiger partial charge is 0.329 e. The Hall–Kier alpha value is -1.27. The molecule has 1 heterocycles. The summed E-state index contributed by atoms with van der Waals surface area (Å²) in [4.78, 5) is 4.24. The van der Waals surface area contributed by atoms with E-state index in [2.05, 4.69) is 26.2 Å². The smallest absolute Gasteiger partial charge is 0.145 e. The van der Waals surface area contributed by atoms with Gasteiger partial charge in [0.25, 0.3) is 0 Å². The van der Waals surface area contributed by atoms with Gasteiger partial charge in [0.2, 0.25) is 0 Å². The number of nitrogens with zero attached hydrogens (tertiary/aromatic N) is 2. The van der Waals surface area contributed by atoms with E-state index in [0.717, 1.165) is 5.82 Å². The molecule has 2 rings (SSSR count). The molecule has 0 aliphatic heterocycles. The molecule has 0 fully saturated rings. The zero-order chi connectivity index (χ0) is 15.6. The highest BCUT2D eigenvalue weighted by Crippen LogP contribution is 2.22. The van der Waals surface area contributed by atoms with E-state index in [0.29, 0.717) is 6.54 Å². The van der Waals surface area contributed by atoms with Crippen LogP contribution in [0.3, 0.4) is 0 Å². The number of imidazole rings is 1. The number of halogens is 3. The second kappa shape index (κ2) is 6.23. The van der Waals surface area contributed by atoms with Gasteiger partial charge < -0.3 is 9.88 Å². The van der Waals surface area contributed by atoms with Crippen molar-refractivity contribution in [2.75, 3.05) is 0 Å². The van der Waals surface area contributed by atoms with Gasteiger partial charge in [0.15, 0.2) is 0 Å². The highest BCUT2D eigenvalue weighted by Gasteiger charge is 2.15. The van der Waals surface area contributed by atoms with Gasteiger partial charge in [0, 0.05) is 23.5 Å². The molecule has 0 atom stereocenters. The number of aromatic nitrogens is 2. The molecule has 114 valence electrons. The van der Waals surface area contributed by atoms with E-state index in [-0.39, 0.29) is 22.1 Å². The van der Waals surface area contributed by atoms with Crippen molar-refractivity contribution in [3.05, 3.63) is 52.0 Å². The third kappa shape index (κ3) is 4.11. The molecule has 1 aromatic carbocycles. The summed E-state index contributed by atoms with van der Waals surface area (Å²) >= 11 is 3.08. The van der Waals surface area contributed by atoms with Crippen LogP contribution in [0.15, 0.2) is 29.0 Å². The first-order chi connectivity index (χ1) is 9.78. The Kier molecular flexibility index (Phi) is 4.78. The zero-order valence-electron chi connectivity index (χ0n) is 12.3. The van der Waals surface area contributed by atoms with Gasteiger partial charge in [-0.3, -0.25) is 0 Å². The molecule has 2 aromatic rings. The van der Waals surface area contributed by atoms with E-state index in [1.807, 2.05) is 20.8 Å². The van der Waals surface area contributed by atoms with Crippen LogP contribution >= 0.6 is 15.9 Å². The molecule has 0 bridgehead atoms. The van der Waals surface area contributed by atoms with Crippen molar-refractivity contribution in [1.29, 1.82) is 0 Å². The van der Waals surface area contributed by atoms with Crippen LogP contribution in [-0.2, 0) is 13.1 Å². The van der Waals surface area contributed by atoms with Crippen molar-refractivity contribution in [3.63, 3.8) is 0 Å². The maximum Gasteiger partial charge on any atom is 0.145 e. The highest BCUT2D eigenvalue weighted by atomic mass is 79.9. The molecule has 0 unspecified atom stereocenters. The Balaban J connectivity index is 2.22. The molecule has 21 heavy (non-hydrogen) atoms. The van der Waals surface area contributed by atoms with E-state index in [1.54, 1.807) is 17.0 Å². The topological polar surface area (TPSA) is 29.9 Å². The van der Waals surface area contributed by atoms with Gasteiger partial charge in [-0.2, -0.15) is 0 Å². The first kappa shape index (κ1) is 16.1. The van der Waals surface area contributed by atoms with Gasteiger partial charge >= 0.3 is 0 Å². The van der Waals surface area contributed by atoms with Gasteiger partial charge in [-0.15, -0.1) is 0 Å². The summed E-state index contributed by atoms with van der Waals surface area (Å²) in [5, 5.41) is 3.31. The van der Waals surface area contributed by atoms with Crippen LogP contribution in [0.2, 0.25) is 0 Å². The molecule has 0 amide bonds. The van der Waals surface area contributed by atoms with Gasteiger partial charge in [-0.05, 0) is 48.8 Å². The van der Waals surface area contributed by atoms with Crippen molar-refractivity contribution < 1.29 is 8.78 Å². The fourth-order valence-corrected chi connectivity index (χ4v) is 2.25. The minimum Gasteiger partial charge on any atom is -0.329 e. The molecule has 0 aliphatic rings. The lowest BCUT2D eigenvalue weighted by Gasteiger charge is -2.20. The molecule has 0 radical (unpaired) electrons. The van der Waals surface area contributed by atoms with E-state index in [4.69, 9.17) is 0 Å². The summed E-state index contributed by atoms with van der Waals surface area (Å²) in [5.41, 5.74) is -0.0253. The van der Waals surface area contributed by atoms with E-state index >= 15 is 0 Å². The van der Waals surface area contributed by atoms with Crippen molar-refractivity contribution in [2.24, 2.45) is 0 Å². The standard InChI is InChI=1S/C15H18BrF2N3/c1-15(2,3)20-8-13-19-6-7-21(13)9-10-12(17)5-4-11(16)14(10)18/h4-7,20H,8-9H2,1-3H3. The van der Waals surface area contributed by atoms with Crippen molar-refractivity contribution in [2.45, 2.75) is 39.4 Å². The van der Waals surface area contributed by atoms with Crippen molar-refractivity contribution in [1.82, 2.24) is 14.9 Å². The fourth-order valence-electron chi connectivity index (χ4n) is 1.88. The Morgan fingerprint density at radius 3 is 2.67 bits per heavy atom. The SMILES string of the molecule is CC(C)(C)NCc1nccn1Cc1c(F)ccc(Br)c1F. The fraction of sp³-hybridized carbons (Fsp3) is 0.400. The summed E-state index contributed by atoms with van der Waals surface area (Å²) in [7, 11) is 0. The monoisotopic (exact) mass is 357 g/mol. The van der Waals surface area contributed by atoms with E-state index in [1.165, 1.54) is 12.1 Å². The third-order valence-electron chi connectivity index (χ3n) is 3.05. The van der Waals surface area contributed by atoms with Gasteiger partial charge in [0.1, 0.15) is 17.5 Å². The van der Waals surface area contributed by atoms with Crippen LogP contribution in [0.1, 0.15) is 32.2 Å². The van der Waals surface area contributed by atoms with Gasteiger partial charge in [-0.25, -0.2) is 13.8 Å². The summed E-state index contributed by atoms with van der Waals surface area (Å²) in [6, 6.07) is 2.62. The summed E-state index contributed by atoms with van der Waals surface area (Å²) in [6.07, 6.45) is 3.35. The molecule has 0 spiro atoms. The quantitative estimate of drug-likeness (QED) is 0.842. The van der Waals surface area contributed by atoms with E-state index in [9.17, 15) is 8.78 Å². The minimum atomic E-state index is -0.571. The maximum absolute atomic E-state index is 14.0. The average Bonchev–Trinajstić information content (AvgIpc) is 2.83. The molecular formula is C15H18BrF2N3. The summed E-state index contributed by atoms with van der Waals surface area (Å²) in [5.74, 6) is -0.388. The van der Waals surface area contributed by atoms with Crippen LogP contribution in [-0.4, -0.2) is 15.1 Å². The van der Waals surface area contributed by atoms with Crippen LogP contribution in [0.4, 0.5) is 8.78 Å². The first-order valence-electron chi connectivity index (χ1n) is 6.65. The lowest BCUT2D eigenvalue weighted by Crippen LogP contribution is -2.36. The lowest BCUT2D eigenvalue weighted by atomic mass is 10.1. The summed E-state index contributed by atoms with van der Waals surface area (Å²) < 4.78 is 29.8.